The number of piperazine rings is 1. The first kappa shape index (κ1) is 21.3. The third kappa shape index (κ3) is 3.33. The van der Waals surface area contributed by atoms with Crippen LogP contribution < -0.4 is 9.64 Å². The molecule has 1 saturated heterocycles. The smallest absolute Gasteiger partial charge is 0.197 e. The molecule has 0 aromatic carbocycles. The summed E-state index contributed by atoms with van der Waals surface area (Å²) in [6.07, 6.45) is 9.10. The van der Waals surface area contributed by atoms with Gasteiger partial charge in [0, 0.05) is 49.4 Å². The molecule has 1 saturated carbocycles. The normalized spacial score (nSPS) is 17.7. The molecule has 0 unspecified atom stereocenters. The van der Waals surface area contributed by atoms with Crippen molar-refractivity contribution in [2.24, 2.45) is 0 Å². The van der Waals surface area contributed by atoms with E-state index in [1.165, 1.54) is 25.6 Å². The summed E-state index contributed by atoms with van der Waals surface area (Å²) >= 11 is 0. The number of ether oxygens (including phenoxy) is 1. The molecule has 0 bridgehead atoms. The Balaban J connectivity index is 1.42. The van der Waals surface area contributed by atoms with Gasteiger partial charge in [0.1, 0.15) is 6.33 Å². The van der Waals surface area contributed by atoms with E-state index in [1.807, 2.05) is 12.3 Å². The van der Waals surface area contributed by atoms with E-state index in [2.05, 4.69) is 43.7 Å². The molecule has 1 aliphatic heterocycles. The van der Waals surface area contributed by atoms with Gasteiger partial charge in [-0.2, -0.15) is 5.10 Å². The Labute approximate surface area is 197 Å². The molecule has 0 atom stereocenters. The maximum absolute atomic E-state index is 16.1. The molecule has 6 rings (SSSR count). The second-order valence-corrected chi connectivity index (χ2v) is 9.69. The highest BCUT2D eigenvalue weighted by atomic mass is 19.1. The number of halogens is 1. The summed E-state index contributed by atoms with van der Waals surface area (Å²) in [6.45, 7) is 7.73. The van der Waals surface area contributed by atoms with Gasteiger partial charge in [-0.3, -0.25) is 4.90 Å². The average Bonchev–Trinajstić information content (AvgIpc) is 3.43. The predicted molar refractivity (Wildman–Crippen MR) is 130 cm³/mol. The SMILES string of the molecule is COc1cc(-c2[nH]c3cnc(N4CCN(C5CCC5)CC4)c(F)c3c2C(C)C)cn2ncnc12. The van der Waals surface area contributed by atoms with E-state index in [4.69, 9.17) is 4.74 Å². The number of methoxy groups -OCH3 is 1. The molecule has 2 fully saturated rings. The maximum atomic E-state index is 16.1. The number of hydrogen-bond donors (Lipinski definition) is 1. The van der Waals surface area contributed by atoms with E-state index in [9.17, 15) is 0 Å². The first-order valence-corrected chi connectivity index (χ1v) is 12.1. The third-order valence-corrected chi connectivity index (χ3v) is 7.43. The van der Waals surface area contributed by atoms with Gasteiger partial charge in [-0.15, -0.1) is 0 Å². The van der Waals surface area contributed by atoms with Crippen molar-refractivity contribution < 1.29 is 9.13 Å². The Morgan fingerprint density at radius 2 is 1.94 bits per heavy atom. The molecule has 1 N–H and O–H groups in total. The number of anilines is 1. The third-order valence-electron chi connectivity index (χ3n) is 7.43. The van der Waals surface area contributed by atoms with Crippen LogP contribution in [0.3, 0.4) is 0 Å². The van der Waals surface area contributed by atoms with Crippen LogP contribution in [-0.4, -0.2) is 68.8 Å². The first-order chi connectivity index (χ1) is 16.5. The zero-order valence-electron chi connectivity index (χ0n) is 19.9. The van der Waals surface area contributed by atoms with Crippen LogP contribution >= 0.6 is 0 Å². The molecule has 8 nitrogen and oxygen atoms in total. The molecule has 0 radical (unpaired) electrons. The molecule has 4 aromatic heterocycles. The van der Waals surface area contributed by atoms with Crippen molar-refractivity contribution in [2.75, 3.05) is 38.2 Å². The van der Waals surface area contributed by atoms with Crippen molar-refractivity contribution in [1.82, 2.24) is 29.5 Å². The van der Waals surface area contributed by atoms with Gasteiger partial charge in [0.2, 0.25) is 0 Å². The summed E-state index contributed by atoms with van der Waals surface area (Å²) in [6, 6.07) is 2.65. The number of pyridine rings is 2. The fraction of sp³-hybridized carbons (Fsp3) is 0.480. The highest BCUT2D eigenvalue weighted by Crippen LogP contribution is 2.40. The van der Waals surface area contributed by atoms with Gasteiger partial charge in [-0.05, 0) is 30.4 Å². The topological polar surface area (TPSA) is 74.6 Å². The Morgan fingerprint density at radius 1 is 1.15 bits per heavy atom. The summed E-state index contributed by atoms with van der Waals surface area (Å²) in [7, 11) is 1.61. The van der Waals surface area contributed by atoms with E-state index in [1.54, 1.807) is 17.8 Å². The lowest BCUT2D eigenvalue weighted by Crippen LogP contribution is -2.52. The van der Waals surface area contributed by atoms with Gasteiger partial charge >= 0.3 is 0 Å². The van der Waals surface area contributed by atoms with Gasteiger partial charge in [0.15, 0.2) is 23.0 Å². The van der Waals surface area contributed by atoms with Crippen molar-refractivity contribution in [3.05, 3.63) is 36.2 Å². The van der Waals surface area contributed by atoms with Gasteiger partial charge < -0.3 is 14.6 Å². The zero-order chi connectivity index (χ0) is 23.4. The highest BCUT2D eigenvalue weighted by Gasteiger charge is 2.30. The molecule has 1 aliphatic carbocycles. The van der Waals surface area contributed by atoms with E-state index in [0.29, 0.717) is 28.1 Å². The molecular weight excluding hydrogens is 433 g/mol. The van der Waals surface area contributed by atoms with E-state index >= 15 is 4.39 Å². The minimum atomic E-state index is -0.241. The molecule has 2 aliphatic rings. The van der Waals surface area contributed by atoms with Crippen LogP contribution in [0.25, 0.3) is 27.8 Å². The van der Waals surface area contributed by atoms with Crippen molar-refractivity contribution in [2.45, 2.75) is 45.1 Å². The number of aromatic amines is 1. The molecule has 0 spiro atoms. The Bertz CT molecular complexity index is 1350. The summed E-state index contributed by atoms with van der Waals surface area (Å²) in [5.74, 6) is 0.931. The number of H-pyrrole nitrogens is 1. The van der Waals surface area contributed by atoms with Gasteiger partial charge in [-0.25, -0.2) is 18.9 Å². The summed E-state index contributed by atoms with van der Waals surface area (Å²) in [4.78, 5) is 16.9. The van der Waals surface area contributed by atoms with Crippen molar-refractivity contribution >= 4 is 22.4 Å². The van der Waals surface area contributed by atoms with Crippen LogP contribution in [0.4, 0.5) is 10.2 Å². The lowest BCUT2D eigenvalue weighted by Gasteiger charge is -2.43. The minimum Gasteiger partial charge on any atom is -0.493 e. The standard InChI is InChI=1S/C25H30FN7O/c1-15(2)20-21-18(30-23(20)16-11-19(34-3)24-28-14-29-33(24)13-16)12-27-25(22(21)26)32-9-7-31(8-10-32)17-5-4-6-17/h11-15,17,30H,4-10H2,1-3H3. The van der Waals surface area contributed by atoms with Crippen LogP contribution in [0.15, 0.2) is 24.8 Å². The van der Waals surface area contributed by atoms with Gasteiger partial charge in [0.05, 0.1) is 24.5 Å². The maximum Gasteiger partial charge on any atom is 0.197 e. The number of nitrogens with zero attached hydrogens (tertiary/aromatic N) is 6. The van der Waals surface area contributed by atoms with Crippen LogP contribution in [-0.2, 0) is 0 Å². The summed E-state index contributed by atoms with van der Waals surface area (Å²) in [5.41, 5.74) is 4.00. The number of aromatic nitrogens is 5. The van der Waals surface area contributed by atoms with E-state index in [0.717, 1.165) is 49.0 Å². The lowest BCUT2D eigenvalue weighted by molar-refractivity contribution is 0.120. The Morgan fingerprint density at radius 3 is 2.62 bits per heavy atom. The van der Waals surface area contributed by atoms with E-state index in [-0.39, 0.29) is 11.7 Å². The second kappa shape index (κ2) is 8.23. The molecule has 34 heavy (non-hydrogen) atoms. The lowest BCUT2D eigenvalue weighted by atomic mass is 9.91. The molecule has 178 valence electrons. The predicted octanol–water partition coefficient (Wildman–Crippen LogP) is 4.22. The highest BCUT2D eigenvalue weighted by molar-refractivity contribution is 5.93. The van der Waals surface area contributed by atoms with Crippen LogP contribution in [0, 0.1) is 5.82 Å². The van der Waals surface area contributed by atoms with Crippen molar-refractivity contribution in [3.8, 4) is 17.0 Å². The van der Waals surface area contributed by atoms with Crippen LogP contribution in [0.2, 0.25) is 0 Å². The minimum absolute atomic E-state index is 0.0985. The number of hydrogen-bond acceptors (Lipinski definition) is 6. The van der Waals surface area contributed by atoms with E-state index < -0.39 is 0 Å². The largest absolute Gasteiger partial charge is 0.493 e. The second-order valence-electron chi connectivity index (χ2n) is 9.69. The average molecular weight is 464 g/mol. The Hall–Kier alpha value is -3.20. The zero-order valence-corrected chi connectivity index (χ0v) is 19.9. The van der Waals surface area contributed by atoms with Gasteiger partial charge in [0.25, 0.3) is 0 Å². The molecular formula is C25H30FN7O. The fourth-order valence-corrected chi connectivity index (χ4v) is 5.42. The molecule has 4 aromatic rings. The van der Waals surface area contributed by atoms with Crippen molar-refractivity contribution in [3.63, 3.8) is 0 Å². The Kier molecular flexibility index (Phi) is 5.17. The number of nitrogens with one attached hydrogen (secondary N) is 1. The van der Waals surface area contributed by atoms with Gasteiger partial charge in [-0.1, -0.05) is 20.3 Å². The molecule has 9 heteroatoms. The summed E-state index contributed by atoms with van der Waals surface area (Å²) < 4.78 is 23.3. The molecule has 0 amide bonds. The summed E-state index contributed by atoms with van der Waals surface area (Å²) in [5, 5.41) is 4.90. The van der Waals surface area contributed by atoms with Crippen molar-refractivity contribution in [1.29, 1.82) is 0 Å². The monoisotopic (exact) mass is 463 g/mol. The molecule has 5 heterocycles. The quantitative estimate of drug-likeness (QED) is 0.478. The first-order valence-electron chi connectivity index (χ1n) is 12.1. The number of rotatable bonds is 5. The fourth-order valence-electron chi connectivity index (χ4n) is 5.42. The number of fused-ring (bicyclic) bond motifs is 2. The van der Waals surface area contributed by atoms with Crippen LogP contribution in [0.5, 0.6) is 5.75 Å². The van der Waals surface area contributed by atoms with Crippen LogP contribution in [0.1, 0.15) is 44.6 Å².